The van der Waals surface area contributed by atoms with E-state index in [2.05, 4.69) is 27.9 Å². The molecule has 0 saturated carbocycles. The lowest BCUT2D eigenvalue weighted by Crippen LogP contribution is -2.08. The van der Waals surface area contributed by atoms with Crippen molar-refractivity contribution in [2.24, 2.45) is 0 Å². The van der Waals surface area contributed by atoms with Crippen LogP contribution < -0.4 is 5.32 Å². The number of rotatable bonds is 4. The zero-order valence-electron chi connectivity index (χ0n) is 11.6. The number of nitrogens with zero attached hydrogens (tertiary/aromatic N) is 2. The Morgan fingerprint density at radius 2 is 2.05 bits per heavy atom. The van der Waals surface area contributed by atoms with Crippen LogP contribution in [0.1, 0.15) is 12.7 Å². The number of nitrogens with one attached hydrogen (secondary N) is 1. The Hall–Kier alpha value is -2.07. The van der Waals surface area contributed by atoms with Gasteiger partial charge in [-0.25, -0.2) is 9.37 Å². The van der Waals surface area contributed by atoms with E-state index in [4.69, 9.17) is 11.6 Å². The van der Waals surface area contributed by atoms with Crippen molar-refractivity contribution in [3.8, 4) is 0 Å². The van der Waals surface area contributed by atoms with Gasteiger partial charge in [-0.05, 0) is 37.3 Å². The Bertz CT molecular complexity index is 782. The monoisotopic (exact) mass is 303 g/mol. The van der Waals surface area contributed by atoms with E-state index in [9.17, 15) is 4.39 Å². The summed E-state index contributed by atoms with van der Waals surface area (Å²) in [4.78, 5) is 4.62. The molecule has 3 nitrogen and oxygen atoms in total. The first kappa shape index (κ1) is 13.9. The lowest BCUT2D eigenvalue weighted by molar-refractivity contribution is 0.628. The third-order valence-electron chi connectivity index (χ3n) is 3.42. The van der Waals surface area contributed by atoms with Crippen LogP contribution in [0.3, 0.4) is 0 Å². The molecule has 0 amide bonds. The molecule has 0 aliphatic carbocycles. The Balaban J connectivity index is 1.86. The molecule has 0 aliphatic heterocycles. The molecule has 0 spiro atoms. The Morgan fingerprint density at radius 1 is 1.24 bits per heavy atom. The van der Waals surface area contributed by atoms with Crippen LogP contribution in [0.5, 0.6) is 0 Å². The Kier molecular flexibility index (Phi) is 3.80. The average Bonchev–Trinajstić information content (AvgIpc) is 2.86. The minimum atomic E-state index is -0.425. The van der Waals surface area contributed by atoms with Crippen LogP contribution >= 0.6 is 11.6 Å². The standard InChI is InChI=1S/C16H15ClFN3/c1-2-21-15-6-4-3-5-14(15)20-16(21)10-19-11-7-8-12(17)13(18)9-11/h3-9,19H,2,10H2,1H3. The van der Waals surface area contributed by atoms with Crippen LogP contribution in [-0.2, 0) is 13.1 Å². The number of fused-ring (bicyclic) bond motifs is 1. The molecular formula is C16H15ClFN3. The SMILES string of the molecule is CCn1c(CNc2ccc(Cl)c(F)c2)nc2ccccc21. The molecule has 3 aromatic rings. The van der Waals surface area contributed by atoms with Crippen molar-refractivity contribution in [1.29, 1.82) is 0 Å². The predicted molar refractivity (Wildman–Crippen MR) is 84.1 cm³/mol. The van der Waals surface area contributed by atoms with Crippen LogP contribution in [0, 0.1) is 5.82 Å². The lowest BCUT2D eigenvalue weighted by atomic mass is 10.3. The van der Waals surface area contributed by atoms with Crippen molar-refractivity contribution >= 4 is 28.3 Å². The van der Waals surface area contributed by atoms with Gasteiger partial charge in [0, 0.05) is 12.2 Å². The fraction of sp³-hybridized carbons (Fsp3) is 0.188. The minimum absolute atomic E-state index is 0.126. The maximum Gasteiger partial charge on any atom is 0.143 e. The normalized spacial score (nSPS) is 11.0. The van der Waals surface area contributed by atoms with E-state index in [1.165, 1.54) is 6.07 Å². The zero-order valence-corrected chi connectivity index (χ0v) is 12.4. The summed E-state index contributed by atoms with van der Waals surface area (Å²) in [5.41, 5.74) is 2.77. The second-order valence-electron chi connectivity index (χ2n) is 4.74. The summed E-state index contributed by atoms with van der Waals surface area (Å²) in [6.07, 6.45) is 0. The van der Waals surface area contributed by atoms with E-state index < -0.39 is 5.82 Å². The molecule has 0 atom stereocenters. The van der Waals surface area contributed by atoms with Crippen molar-refractivity contribution in [3.05, 3.63) is 59.1 Å². The van der Waals surface area contributed by atoms with Crippen LogP contribution in [0.2, 0.25) is 5.02 Å². The van der Waals surface area contributed by atoms with Gasteiger partial charge in [0.15, 0.2) is 0 Å². The third-order valence-corrected chi connectivity index (χ3v) is 3.73. The molecule has 5 heteroatoms. The fourth-order valence-electron chi connectivity index (χ4n) is 2.40. The first-order valence-corrected chi connectivity index (χ1v) is 7.20. The first-order valence-electron chi connectivity index (χ1n) is 6.82. The van der Waals surface area contributed by atoms with Gasteiger partial charge in [-0.2, -0.15) is 0 Å². The molecule has 0 unspecified atom stereocenters. The molecule has 0 bridgehead atoms. The zero-order chi connectivity index (χ0) is 14.8. The second kappa shape index (κ2) is 5.74. The Labute approximate surface area is 127 Å². The minimum Gasteiger partial charge on any atom is -0.378 e. The fourth-order valence-corrected chi connectivity index (χ4v) is 2.52. The number of hydrogen-bond donors (Lipinski definition) is 1. The molecular weight excluding hydrogens is 289 g/mol. The van der Waals surface area contributed by atoms with Gasteiger partial charge >= 0.3 is 0 Å². The molecule has 1 aromatic heterocycles. The van der Waals surface area contributed by atoms with Gasteiger partial charge in [0.1, 0.15) is 11.6 Å². The quantitative estimate of drug-likeness (QED) is 0.771. The smallest absolute Gasteiger partial charge is 0.143 e. The molecule has 0 fully saturated rings. The van der Waals surface area contributed by atoms with Gasteiger partial charge in [-0.15, -0.1) is 0 Å². The van der Waals surface area contributed by atoms with Crippen LogP contribution in [0.15, 0.2) is 42.5 Å². The second-order valence-corrected chi connectivity index (χ2v) is 5.15. The molecule has 0 aliphatic rings. The largest absolute Gasteiger partial charge is 0.378 e. The molecule has 108 valence electrons. The summed E-state index contributed by atoms with van der Waals surface area (Å²) >= 11 is 5.68. The molecule has 0 radical (unpaired) electrons. The number of aryl methyl sites for hydroxylation is 1. The summed E-state index contributed by atoms with van der Waals surface area (Å²) in [5, 5.41) is 3.31. The first-order chi connectivity index (χ1) is 10.2. The topological polar surface area (TPSA) is 29.9 Å². The van der Waals surface area contributed by atoms with Crippen molar-refractivity contribution in [2.75, 3.05) is 5.32 Å². The number of benzene rings is 2. The van der Waals surface area contributed by atoms with Gasteiger partial charge in [0.2, 0.25) is 0 Å². The highest BCUT2D eigenvalue weighted by Gasteiger charge is 2.09. The van der Waals surface area contributed by atoms with Gasteiger partial charge in [-0.3, -0.25) is 0 Å². The average molecular weight is 304 g/mol. The molecule has 1 N–H and O–H groups in total. The van der Waals surface area contributed by atoms with E-state index in [0.717, 1.165) is 23.4 Å². The van der Waals surface area contributed by atoms with Crippen molar-refractivity contribution in [3.63, 3.8) is 0 Å². The maximum absolute atomic E-state index is 13.4. The van der Waals surface area contributed by atoms with Crippen LogP contribution in [0.4, 0.5) is 10.1 Å². The molecule has 0 saturated heterocycles. The lowest BCUT2D eigenvalue weighted by Gasteiger charge is -2.09. The summed E-state index contributed by atoms with van der Waals surface area (Å²) in [6.45, 7) is 3.45. The van der Waals surface area contributed by atoms with Crippen molar-refractivity contribution in [2.45, 2.75) is 20.0 Å². The van der Waals surface area contributed by atoms with Crippen molar-refractivity contribution < 1.29 is 4.39 Å². The molecule has 21 heavy (non-hydrogen) atoms. The van der Waals surface area contributed by atoms with Crippen molar-refractivity contribution in [1.82, 2.24) is 9.55 Å². The van der Waals surface area contributed by atoms with Crippen LogP contribution in [0.25, 0.3) is 11.0 Å². The number of aromatic nitrogens is 2. The number of anilines is 1. The van der Waals surface area contributed by atoms with Gasteiger partial charge in [0.25, 0.3) is 0 Å². The highest BCUT2D eigenvalue weighted by atomic mass is 35.5. The third kappa shape index (κ3) is 2.72. The molecule has 1 heterocycles. The number of halogens is 2. The molecule has 2 aromatic carbocycles. The summed E-state index contributed by atoms with van der Waals surface area (Å²) in [6, 6.07) is 12.7. The summed E-state index contributed by atoms with van der Waals surface area (Å²) < 4.78 is 15.6. The maximum atomic E-state index is 13.4. The van der Waals surface area contributed by atoms with E-state index in [-0.39, 0.29) is 5.02 Å². The van der Waals surface area contributed by atoms with E-state index in [1.807, 2.05) is 18.2 Å². The number of para-hydroxylation sites is 2. The Morgan fingerprint density at radius 3 is 2.81 bits per heavy atom. The van der Waals surface area contributed by atoms with E-state index >= 15 is 0 Å². The van der Waals surface area contributed by atoms with Gasteiger partial charge in [0.05, 0.1) is 22.6 Å². The van der Waals surface area contributed by atoms with Gasteiger partial charge in [-0.1, -0.05) is 23.7 Å². The molecule has 3 rings (SSSR count). The van der Waals surface area contributed by atoms with E-state index in [1.54, 1.807) is 12.1 Å². The van der Waals surface area contributed by atoms with E-state index in [0.29, 0.717) is 12.2 Å². The number of hydrogen-bond acceptors (Lipinski definition) is 2. The summed E-state index contributed by atoms with van der Waals surface area (Å²) in [7, 11) is 0. The predicted octanol–water partition coefficient (Wildman–Crippen LogP) is 4.46. The number of imidazole rings is 1. The highest BCUT2D eigenvalue weighted by molar-refractivity contribution is 6.30. The van der Waals surface area contributed by atoms with Crippen LogP contribution in [-0.4, -0.2) is 9.55 Å². The van der Waals surface area contributed by atoms with Gasteiger partial charge < -0.3 is 9.88 Å². The highest BCUT2D eigenvalue weighted by Crippen LogP contribution is 2.20. The summed E-state index contributed by atoms with van der Waals surface area (Å²) in [5.74, 6) is 0.500.